The van der Waals surface area contributed by atoms with E-state index in [1.165, 1.54) is 0 Å². The predicted octanol–water partition coefficient (Wildman–Crippen LogP) is 1.71. The van der Waals surface area contributed by atoms with Crippen LogP contribution >= 0.6 is 0 Å². The van der Waals surface area contributed by atoms with Gasteiger partial charge in [-0.1, -0.05) is 26.3 Å². The van der Waals surface area contributed by atoms with Crippen LogP contribution in [0.25, 0.3) is 0 Å². The molecule has 0 rings (SSSR count). The Bertz CT molecular complexity index is 158. The minimum Gasteiger partial charge on any atom is -0.870 e. The third-order valence-corrected chi connectivity index (χ3v) is 2.07. The van der Waals surface area contributed by atoms with Crippen LogP contribution in [0.3, 0.4) is 0 Å². The highest BCUT2D eigenvalue weighted by Crippen LogP contribution is 2.07. The van der Waals surface area contributed by atoms with Crippen molar-refractivity contribution in [3.8, 4) is 0 Å². The van der Waals surface area contributed by atoms with Gasteiger partial charge in [-0.05, 0) is 24.3 Å². The predicted molar refractivity (Wildman–Crippen MR) is 71.1 cm³/mol. The molecule has 0 saturated carbocycles. The molecule has 96 valence electrons. The Morgan fingerprint density at radius 2 is 0.875 bits per heavy atom. The van der Waals surface area contributed by atoms with Crippen LogP contribution in [0, 0.1) is 0 Å². The highest BCUT2D eigenvalue weighted by molar-refractivity contribution is 4.79. The highest BCUT2D eigenvalue weighted by Gasteiger charge is 2.20. The summed E-state index contributed by atoms with van der Waals surface area (Å²) in [5.74, 6) is 0. The van der Waals surface area contributed by atoms with Gasteiger partial charge in [-0.2, -0.15) is 0 Å². The van der Waals surface area contributed by atoms with Crippen LogP contribution in [0.4, 0.5) is 0 Å². The lowest BCUT2D eigenvalue weighted by Crippen LogP contribution is -2.48. The monoisotopic (exact) mass is 230 g/mol. The summed E-state index contributed by atoms with van der Waals surface area (Å²) in [6, 6.07) is 0. The van der Waals surface area contributed by atoms with Crippen LogP contribution in [0.15, 0.2) is 50.6 Å². The lowest BCUT2D eigenvalue weighted by molar-refractivity contribution is -0.906. The second-order valence-corrected chi connectivity index (χ2v) is 3.23. The smallest absolute Gasteiger partial charge is 0.0978 e. The number of hydrogen-bond acceptors (Lipinski definition) is 2. The van der Waals surface area contributed by atoms with Gasteiger partial charge in [-0.25, -0.2) is 0 Å². The van der Waals surface area contributed by atoms with Gasteiger partial charge in [0, 0.05) is 0 Å². The molecule has 0 aromatic rings. The van der Waals surface area contributed by atoms with Gasteiger partial charge in [-0.15, -0.1) is 0 Å². The molecule has 0 aliphatic rings. The summed E-state index contributed by atoms with van der Waals surface area (Å²) in [5, 5.41) is 0. The van der Waals surface area contributed by atoms with E-state index >= 15 is 0 Å². The van der Waals surface area contributed by atoms with Crippen LogP contribution < -0.4 is 6.15 Å². The third kappa shape index (κ3) is 8.14. The Labute approximate surface area is 99.1 Å². The molecule has 16 heavy (non-hydrogen) atoms. The van der Waals surface area contributed by atoms with Crippen LogP contribution in [-0.2, 0) is 0 Å². The van der Waals surface area contributed by atoms with Gasteiger partial charge in [0.2, 0.25) is 0 Å². The fourth-order valence-corrected chi connectivity index (χ4v) is 1.54. The summed E-state index contributed by atoms with van der Waals surface area (Å²) in [5.41, 5.74) is 0. The molecule has 0 aromatic heterocycles. The zero-order chi connectivity index (χ0) is 10.2. The molecule has 0 fully saturated rings. The van der Waals surface area contributed by atoms with E-state index in [1.807, 2.05) is 24.3 Å². The Balaban J connectivity index is -0.000000240. The van der Waals surface area contributed by atoms with E-state index in [2.05, 4.69) is 26.3 Å². The van der Waals surface area contributed by atoms with E-state index in [1.54, 1.807) is 0 Å². The first-order valence-corrected chi connectivity index (χ1v) is 4.53. The van der Waals surface area contributed by atoms with Gasteiger partial charge in [0.1, 0.15) is 0 Å². The summed E-state index contributed by atoms with van der Waals surface area (Å²) in [7, 11) is 0. The fourth-order valence-electron chi connectivity index (χ4n) is 1.54. The maximum Gasteiger partial charge on any atom is 0.0978 e. The van der Waals surface area contributed by atoms with Crippen molar-refractivity contribution in [3.63, 3.8) is 0 Å². The fraction of sp³-hybridized carbons (Fsp3) is 0.333. The first-order valence-electron chi connectivity index (χ1n) is 4.53. The van der Waals surface area contributed by atoms with Crippen molar-refractivity contribution in [1.82, 2.24) is 6.15 Å². The summed E-state index contributed by atoms with van der Waals surface area (Å²) in [4.78, 5) is 0. The van der Waals surface area contributed by atoms with Crippen LogP contribution in [0.2, 0.25) is 0 Å². The molecule has 0 aliphatic carbocycles. The number of rotatable bonds is 8. The molecular formula is C12H26N2O2. The van der Waals surface area contributed by atoms with E-state index in [4.69, 9.17) is 0 Å². The lowest BCUT2D eigenvalue weighted by atomic mass is 10.3. The van der Waals surface area contributed by atoms with Crippen molar-refractivity contribution in [2.75, 3.05) is 26.2 Å². The highest BCUT2D eigenvalue weighted by atomic mass is 16.0. The molecule has 4 heteroatoms. The molecule has 0 aromatic carbocycles. The lowest BCUT2D eigenvalue weighted by Gasteiger charge is -2.35. The minimum absolute atomic E-state index is 0. The molecule has 4 nitrogen and oxygen atoms in total. The normalized spacial score (nSPS) is 8.50. The van der Waals surface area contributed by atoms with Crippen LogP contribution in [-0.4, -0.2) is 41.6 Å². The Hall–Kier alpha value is -1.20. The molecule has 0 saturated heterocycles. The second kappa shape index (κ2) is 13.8. The summed E-state index contributed by atoms with van der Waals surface area (Å²) < 4.78 is 0.903. The molecule has 0 heterocycles. The van der Waals surface area contributed by atoms with Crippen LogP contribution in [0.5, 0.6) is 0 Å². The largest absolute Gasteiger partial charge is 0.870 e. The van der Waals surface area contributed by atoms with Crippen molar-refractivity contribution >= 4 is 0 Å². The molecule has 0 spiro atoms. The zero-order valence-electron chi connectivity index (χ0n) is 10.1. The average molecular weight is 230 g/mol. The molecular weight excluding hydrogens is 204 g/mol. The maximum atomic E-state index is 3.77. The van der Waals surface area contributed by atoms with Crippen molar-refractivity contribution in [2.24, 2.45) is 0 Å². The summed E-state index contributed by atoms with van der Waals surface area (Å²) >= 11 is 0. The standard InChI is InChI=1S/C12H20N.H3N.2H2O/c1-5-9-13(10-6-2,11-7-3)12-8-4;;;/h5-8H,1-4,9-12H2;1H3;2*1H2/q+1;;;/p-1. The number of quaternary nitrogens is 1. The molecule has 6 N–H and O–H groups in total. The second-order valence-electron chi connectivity index (χ2n) is 3.23. The van der Waals surface area contributed by atoms with E-state index in [0.717, 1.165) is 30.7 Å². The first kappa shape index (κ1) is 24.2. The molecule has 0 radical (unpaired) electrons. The van der Waals surface area contributed by atoms with E-state index in [9.17, 15) is 0 Å². The topological polar surface area (TPSA) is 96.5 Å². The van der Waals surface area contributed by atoms with Gasteiger partial charge in [0.15, 0.2) is 0 Å². The number of hydrogen-bond donors (Lipinski definition) is 1. The van der Waals surface area contributed by atoms with Crippen LogP contribution in [0.1, 0.15) is 0 Å². The third-order valence-electron chi connectivity index (χ3n) is 2.07. The molecule has 0 amide bonds. The summed E-state index contributed by atoms with van der Waals surface area (Å²) in [6.07, 6.45) is 7.76. The minimum atomic E-state index is 0. The van der Waals surface area contributed by atoms with Gasteiger partial charge < -0.3 is 21.6 Å². The molecule has 0 unspecified atom stereocenters. The number of nitrogens with zero attached hydrogens (tertiary/aromatic N) is 1. The van der Waals surface area contributed by atoms with Gasteiger partial charge >= 0.3 is 0 Å². The van der Waals surface area contributed by atoms with E-state index in [0.29, 0.717) is 0 Å². The quantitative estimate of drug-likeness (QED) is 0.507. The molecule has 0 aliphatic heterocycles. The summed E-state index contributed by atoms with van der Waals surface area (Å²) in [6.45, 7) is 18.8. The van der Waals surface area contributed by atoms with Crippen molar-refractivity contribution < 1.29 is 15.4 Å². The van der Waals surface area contributed by atoms with Crippen molar-refractivity contribution in [2.45, 2.75) is 0 Å². The Morgan fingerprint density at radius 1 is 0.688 bits per heavy atom. The Kier molecular flexibility index (Phi) is 20.8. The van der Waals surface area contributed by atoms with Gasteiger partial charge in [0.25, 0.3) is 0 Å². The molecule has 0 bridgehead atoms. The van der Waals surface area contributed by atoms with Crippen molar-refractivity contribution in [3.05, 3.63) is 50.6 Å². The van der Waals surface area contributed by atoms with Gasteiger partial charge in [-0.3, -0.25) is 0 Å². The SMILES string of the molecule is C=CC[N+](CC=C)(CC=C)CC=C.N.O.[OH-]. The average Bonchev–Trinajstić information content (AvgIpc) is 2.06. The molecule has 0 atom stereocenters. The van der Waals surface area contributed by atoms with E-state index in [-0.39, 0.29) is 17.1 Å². The van der Waals surface area contributed by atoms with Crippen molar-refractivity contribution in [1.29, 1.82) is 0 Å². The first-order chi connectivity index (χ1) is 6.24. The Morgan fingerprint density at radius 3 is 1.00 bits per heavy atom. The van der Waals surface area contributed by atoms with Gasteiger partial charge in [0.05, 0.1) is 26.2 Å². The zero-order valence-corrected chi connectivity index (χ0v) is 10.1. The van der Waals surface area contributed by atoms with E-state index < -0.39 is 0 Å². The maximum absolute atomic E-state index is 3.77.